The summed E-state index contributed by atoms with van der Waals surface area (Å²) in [6.07, 6.45) is 6.79. The van der Waals surface area contributed by atoms with E-state index in [-0.39, 0.29) is 18.8 Å². The third-order valence-electron chi connectivity index (χ3n) is 8.09. The Labute approximate surface area is 379 Å². The first kappa shape index (κ1) is 61.1. The normalized spacial score (nSPS) is 14.5. The van der Waals surface area contributed by atoms with Crippen LogP contribution in [0.5, 0.6) is 0 Å². The standard InChI is InChI=1S/C33H55F6N3O12S8/c1-3-28(26-40)25-29(58-19-8-18-57-22-13-31(44)54-15-6-24-60(47,48)42-62(51,52)33(37,38)39)10-4-9-27(2)11-20-55-16-7-17-56-21-12-30(43)53-14-5-23-59(45,46)41-61(49,50)32(34,35)36/h27-29H,3-25H2,1-2H3/q-2. The van der Waals surface area contributed by atoms with E-state index in [9.17, 15) is 74.9 Å². The molecule has 0 amide bonds. The highest BCUT2D eigenvalue weighted by molar-refractivity contribution is 8.13. The molecule has 366 valence electrons. The van der Waals surface area contributed by atoms with Crippen LogP contribution in [0.25, 0.3) is 8.25 Å². The fourth-order valence-electron chi connectivity index (χ4n) is 4.77. The predicted octanol–water partition coefficient (Wildman–Crippen LogP) is 7.96. The summed E-state index contributed by atoms with van der Waals surface area (Å²) in [5.41, 5.74) is -11.7. The molecular formula is C33H55F6N3O12S8-2. The van der Waals surface area contributed by atoms with E-state index < -0.39 is 101 Å². The maximum Gasteiger partial charge on any atom is 0.480 e. The van der Waals surface area contributed by atoms with Crippen LogP contribution in [0.3, 0.4) is 0 Å². The number of ether oxygens (including phenoxy) is 2. The molecule has 0 aromatic rings. The van der Waals surface area contributed by atoms with Gasteiger partial charge in [-0.2, -0.15) is 78.7 Å². The van der Waals surface area contributed by atoms with Gasteiger partial charge in [0.05, 0.1) is 52.2 Å². The molecular weight excluding hydrogens is 1000 g/mol. The number of carbonyl (C=O) groups is 2. The van der Waals surface area contributed by atoms with E-state index in [4.69, 9.17) is 9.47 Å². The Morgan fingerprint density at radius 2 is 1.06 bits per heavy atom. The van der Waals surface area contributed by atoms with Gasteiger partial charge in [0.25, 0.3) is 0 Å². The molecule has 0 aromatic carbocycles. The number of nitrogens with zero attached hydrogens (tertiary/aromatic N) is 3. The summed E-state index contributed by atoms with van der Waals surface area (Å²) in [7, 11) is -22.2. The van der Waals surface area contributed by atoms with E-state index in [1.54, 1.807) is 11.8 Å². The van der Waals surface area contributed by atoms with Gasteiger partial charge in [0.15, 0.2) is 20.0 Å². The van der Waals surface area contributed by atoms with Crippen molar-refractivity contribution in [2.75, 3.05) is 65.0 Å². The smallest absolute Gasteiger partial charge is 0.466 e. The number of nitriles is 1. The van der Waals surface area contributed by atoms with Gasteiger partial charge >= 0.3 is 23.0 Å². The lowest BCUT2D eigenvalue weighted by atomic mass is 9.96. The van der Waals surface area contributed by atoms with Gasteiger partial charge in [-0.3, -0.25) is 9.59 Å². The van der Waals surface area contributed by atoms with Gasteiger partial charge < -0.3 is 17.7 Å². The second-order valence-electron chi connectivity index (χ2n) is 13.5. The van der Waals surface area contributed by atoms with Crippen LogP contribution in [0.15, 0.2) is 0 Å². The molecule has 0 rings (SSSR count). The lowest BCUT2D eigenvalue weighted by Crippen LogP contribution is -2.25. The van der Waals surface area contributed by atoms with Gasteiger partial charge in [0.1, 0.15) is 0 Å². The Hall–Kier alpha value is -0.870. The van der Waals surface area contributed by atoms with Crippen molar-refractivity contribution in [3.05, 3.63) is 8.25 Å². The number of hydrogen-bond acceptors (Lipinski definition) is 17. The number of alkyl halides is 6. The second kappa shape index (κ2) is 31.2. The van der Waals surface area contributed by atoms with Crippen molar-refractivity contribution in [1.82, 2.24) is 0 Å². The zero-order chi connectivity index (χ0) is 47.5. The summed E-state index contributed by atoms with van der Waals surface area (Å²) in [4.78, 5) is 23.7. The van der Waals surface area contributed by atoms with E-state index in [1.807, 2.05) is 38.7 Å². The second-order valence-corrected chi connectivity index (χ2v) is 25.8. The molecule has 0 spiro atoms. The predicted molar refractivity (Wildman–Crippen MR) is 234 cm³/mol. The van der Waals surface area contributed by atoms with Crippen molar-refractivity contribution < 1.29 is 79.1 Å². The van der Waals surface area contributed by atoms with Crippen molar-refractivity contribution in [3.63, 3.8) is 0 Å². The summed E-state index contributed by atoms with van der Waals surface area (Å²) in [5.74, 6) is 2.53. The highest BCUT2D eigenvalue weighted by Gasteiger charge is 2.41. The fraction of sp³-hybridized carbons (Fsp3) is 0.909. The van der Waals surface area contributed by atoms with Crippen LogP contribution in [0.4, 0.5) is 26.3 Å². The molecule has 3 atom stereocenters. The van der Waals surface area contributed by atoms with Gasteiger partial charge in [-0.15, -0.1) is 0 Å². The fourth-order valence-corrected chi connectivity index (χ4v) is 14.0. The van der Waals surface area contributed by atoms with Crippen LogP contribution in [0.1, 0.15) is 90.9 Å². The van der Waals surface area contributed by atoms with Crippen molar-refractivity contribution in [2.45, 2.75) is 107 Å². The van der Waals surface area contributed by atoms with E-state index in [1.165, 1.54) is 11.8 Å². The highest BCUT2D eigenvalue weighted by Crippen LogP contribution is 2.32. The summed E-state index contributed by atoms with van der Waals surface area (Å²) in [6.45, 7) is 3.38. The Balaban J connectivity index is 4.13. The number of rotatable bonds is 37. The van der Waals surface area contributed by atoms with Crippen LogP contribution in [0, 0.1) is 23.2 Å². The number of esters is 2. The minimum Gasteiger partial charge on any atom is -0.466 e. The largest absolute Gasteiger partial charge is 0.480 e. The van der Waals surface area contributed by atoms with Crippen LogP contribution in [-0.4, -0.2) is 127 Å². The molecule has 0 aliphatic heterocycles. The topological polar surface area (TPSA) is 241 Å². The molecule has 0 fully saturated rings. The van der Waals surface area contributed by atoms with Crippen molar-refractivity contribution >= 4 is 99.1 Å². The zero-order valence-electron chi connectivity index (χ0n) is 34.3. The molecule has 0 saturated heterocycles. The third kappa shape index (κ3) is 30.4. The lowest BCUT2D eigenvalue weighted by Gasteiger charge is -2.21. The monoisotopic (exact) mass is 1060 g/mol. The molecule has 62 heavy (non-hydrogen) atoms. The molecule has 0 aliphatic carbocycles. The maximum atomic E-state index is 12.3. The highest BCUT2D eigenvalue weighted by atomic mass is 32.3. The molecule has 0 heterocycles. The third-order valence-corrected chi connectivity index (χ3v) is 18.9. The lowest BCUT2D eigenvalue weighted by molar-refractivity contribution is -0.144. The van der Waals surface area contributed by atoms with E-state index in [0.29, 0.717) is 22.7 Å². The summed E-state index contributed by atoms with van der Waals surface area (Å²) < 4.78 is 177. The molecule has 0 N–H and O–H groups in total. The van der Waals surface area contributed by atoms with Crippen molar-refractivity contribution in [3.8, 4) is 6.07 Å². The average Bonchev–Trinajstić information content (AvgIpc) is 3.14. The van der Waals surface area contributed by atoms with Gasteiger partial charge in [0, 0.05) is 34.2 Å². The first-order valence-corrected chi connectivity index (χ1v) is 29.9. The first-order chi connectivity index (χ1) is 28.7. The van der Waals surface area contributed by atoms with Crippen LogP contribution < -0.4 is 0 Å². The Kier molecular flexibility index (Phi) is 30.7. The number of thioether (sulfide) groups is 4. The van der Waals surface area contributed by atoms with Crippen molar-refractivity contribution in [2.24, 2.45) is 11.8 Å². The quantitative estimate of drug-likeness (QED) is 0.0325. The molecule has 15 nitrogen and oxygen atoms in total. The van der Waals surface area contributed by atoms with Crippen LogP contribution in [-0.2, 0) is 59.2 Å². The number of hydrogen-bond donors (Lipinski definition) is 0. The molecule has 0 bridgehead atoms. The van der Waals surface area contributed by atoms with E-state index >= 15 is 0 Å². The van der Waals surface area contributed by atoms with Crippen molar-refractivity contribution in [1.29, 1.82) is 5.26 Å². The van der Waals surface area contributed by atoms with Crippen LogP contribution in [0.2, 0.25) is 0 Å². The average molecular weight is 1060 g/mol. The minimum absolute atomic E-state index is 0.0211. The minimum atomic E-state index is -6.19. The molecule has 0 saturated carbocycles. The number of halogens is 6. The maximum absolute atomic E-state index is 12.3. The Morgan fingerprint density at radius 1 is 0.629 bits per heavy atom. The summed E-state index contributed by atoms with van der Waals surface area (Å²) >= 11 is 6.77. The number of carbonyl (C=O) groups excluding carboxylic acids is 2. The van der Waals surface area contributed by atoms with Gasteiger partial charge in [-0.1, -0.05) is 26.7 Å². The van der Waals surface area contributed by atoms with Gasteiger partial charge in [0.2, 0.25) is 0 Å². The van der Waals surface area contributed by atoms with Crippen LogP contribution >= 0.6 is 47.0 Å². The molecule has 3 unspecified atom stereocenters. The molecule has 29 heteroatoms. The van der Waals surface area contributed by atoms with E-state index in [2.05, 4.69) is 13.0 Å². The summed E-state index contributed by atoms with van der Waals surface area (Å²) in [6, 6.07) is 2.39. The first-order valence-electron chi connectivity index (χ1n) is 19.3. The molecule has 0 aliphatic rings. The van der Waals surface area contributed by atoms with E-state index in [0.717, 1.165) is 80.1 Å². The van der Waals surface area contributed by atoms with Gasteiger partial charge in [-0.05, 0) is 86.0 Å². The zero-order valence-corrected chi connectivity index (χ0v) is 40.8. The number of sulfonamides is 4. The summed E-state index contributed by atoms with van der Waals surface area (Å²) in [5, 5.41) is 9.87. The molecule has 0 radical (unpaired) electrons. The molecule has 0 aromatic heterocycles. The van der Waals surface area contributed by atoms with Gasteiger partial charge in [-0.25, -0.2) is 33.7 Å². The SMILES string of the molecule is CCC(C#N)CC(CCCC(C)CCSCCCSCCC(=O)OCCCS(=O)(=O)[N-]S(=O)(=O)C(F)(F)F)SCCCSCCC(=O)OCCCS(=O)(=O)[N-]S(=O)(=O)C(F)(F)F. The Morgan fingerprint density at radius 3 is 1.48 bits per heavy atom. The Bertz CT molecular complexity index is 1800.